The van der Waals surface area contributed by atoms with Crippen molar-refractivity contribution in [3.05, 3.63) is 0 Å². The maximum Gasteiger partial charge on any atom is 0.248 e. The summed E-state index contributed by atoms with van der Waals surface area (Å²) in [5.74, 6) is -0.299. The maximum absolute atomic E-state index is 11.5. The Kier molecular flexibility index (Phi) is 9.37. The first kappa shape index (κ1) is 15.9. The van der Waals surface area contributed by atoms with E-state index in [0.29, 0.717) is 32.9 Å². The molecule has 0 aromatic carbocycles. The molecule has 0 aromatic heterocycles. The molecular weight excluding hydrogens is 224 g/mol. The zero-order chi connectivity index (χ0) is 13.1. The summed E-state index contributed by atoms with van der Waals surface area (Å²) in [6.07, 6.45) is -0.507. The smallest absolute Gasteiger partial charge is 0.248 e. The Labute approximate surface area is 102 Å². The molecule has 1 unspecified atom stereocenters. The standard InChI is InChI=1S/C11H22N2O4/c1-4-16-7-8-17-9(2)11(15)13-6-5-12-10(3)14/h9H,4-8H2,1-3H3,(H,12,14)(H,13,15). The summed E-state index contributed by atoms with van der Waals surface area (Å²) in [5, 5.41) is 5.24. The second-order valence-electron chi connectivity index (χ2n) is 3.48. The summed E-state index contributed by atoms with van der Waals surface area (Å²) in [4.78, 5) is 22.0. The molecule has 2 amide bonds. The Hall–Kier alpha value is -1.14. The van der Waals surface area contributed by atoms with Crippen LogP contribution >= 0.6 is 0 Å². The summed E-state index contributed by atoms with van der Waals surface area (Å²) in [6.45, 7) is 7.36. The molecule has 100 valence electrons. The lowest BCUT2D eigenvalue weighted by Crippen LogP contribution is -2.39. The van der Waals surface area contributed by atoms with Crippen LogP contribution in [0.3, 0.4) is 0 Å². The zero-order valence-corrected chi connectivity index (χ0v) is 10.7. The van der Waals surface area contributed by atoms with Gasteiger partial charge in [0.15, 0.2) is 0 Å². The van der Waals surface area contributed by atoms with Gasteiger partial charge in [0.2, 0.25) is 11.8 Å². The molecule has 2 N–H and O–H groups in total. The molecule has 17 heavy (non-hydrogen) atoms. The number of hydrogen-bond donors (Lipinski definition) is 2. The van der Waals surface area contributed by atoms with Gasteiger partial charge in [-0.25, -0.2) is 0 Å². The fourth-order valence-corrected chi connectivity index (χ4v) is 1.07. The molecule has 0 radical (unpaired) electrons. The van der Waals surface area contributed by atoms with Crippen LogP contribution in [-0.2, 0) is 19.1 Å². The first-order chi connectivity index (χ1) is 8.07. The van der Waals surface area contributed by atoms with Gasteiger partial charge in [-0.15, -0.1) is 0 Å². The molecule has 0 saturated heterocycles. The lowest BCUT2D eigenvalue weighted by molar-refractivity contribution is -0.132. The van der Waals surface area contributed by atoms with E-state index in [4.69, 9.17) is 9.47 Å². The van der Waals surface area contributed by atoms with E-state index in [1.54, 1.807) is 6.92 Å². The van der Waals surface area contributed by atoms with Crippen molar-refractivity contribution in [3.63, 3.8) is 0 Å². The van der Waals surface area contributed by atoms with Crippen LogP contribution < -0.4 is 10.6 Å². The van der Waals surface area contributed by atoms with Gasteiger partial charge in [-0.3, -0.25) is 9.59 Å². The van der Waals surface area contributed by atoms with E-state index in [2.05, 4.69) is 10.6 Å². The predicted molar refractivity (Wildman–Crippen MR) is 63.6 cm³/mol. The molecular formula is C11H22N2O4. The van der Waals surface area contributed by atoms with E-state index in [-0.39, 0.29) is 11.8 Å². The van der Waals surface area contributed by atoms with Crippen LogP contribution in [0, 0.1) is 0 Å². The normalized spacial score (nSPS) is 11.9. The van der Waals surface area contributed by atoms with Crippen LogP contribution in [0.15, 0.2) is 0 Å². The molecule has 0 fully saturated rings. The van der Waals surface area contributed by atoms with E-state index in [1.807, 2.05) is 6.92 Å². The largest absolute Gasteiger partial charge is 0.379 e. The minimum absolute atomic E-state index is 0.111. The highest BCUT2D eigenvalue weighted by Gasteiger charge is 2.11. The monoisotopic (exact) mass is 246 g/mol. The van der Waals surface area contributed by atoms with Crippen molar-refractivity contribution in [2.45, 2.75) is 26.9 Å². The van der Waals surface area contributed by atoms with Gasteiger partial charge in [-0.2, -0.15) is 0 Å². The highest BCUT2D eigenvalue weighted by molar-refractivity contribution is 5.80. The minimum Gasteiger partial charge on any atom is -0.379 e. The predicted octanol–water partition coefficient (Wildman–Crippen LogP) is -0.320. The third-order valence-corrected chi connectivity index (χ3v) is 1.97. The molecule has 0 bridgehead atoms. The van der Waals surface area contributed by atoms with Crippen molar-refractivity contribution in [1.29, 1.82) is 0 Å². The Morgan fingerprint density at radius 2 is 1.82 bits per heavy atom. The van der Waals surface area contributed by atoms with E-state index in [0.717, 1.165) is 0 Å². The Bertz CT molecular complexity index is 234. The topological polar surface area (TPSA) is 76.7 Å². The third-order valence-electron chi connectivity index (χ3n) is 1.97. The van der Waals surface area contributed by atoms with Gasteiger partial charge in [0.05, 0.1) is 13.2 Å². The molecule has 1 atom stereocenters. The number of nitrogens with one attached hydrogen (secondary N) is 2. The van der Waals surface area contributed by atoms with Gasteiger partial charge in [0.25, 0.3) is 0 Å². The van der Waals surface area contributed by atoms with Crippen molar-refractivity contribution < 1.29 is 19.1 Å². The van der Waals surface area contributed by atoms with Gasteiger partial charge < -0.3 is 20.1 Å². The van der Waals surface area contributed by atoms with Crippen molar-refractivity contribution >= 4 is 11.8 Å². The Balaban J connectivity index is 3.50. The summed E-state index contributed by atoms with van der Waals surface area (Å²) in [7, 11) is 0. The van der Waals surface area contributed by atoms with Gasteiger partial charge >= 0.3 is 0 Å². The lowest BCUT2D eigenvalue weighted by atomic mass is 10.3. The molecule has 0 heterocycles. The average Bonchev–Trinajstić information content (AvgIpc) is 2.29. The zero-order valence-electron chi connectivity index (χ0n) is 10.7. The highest BCUT2D eigenvalue weighted by atomic mass is 16.5. The van der Waals surface area contributed by atoms with Gasteiger partial charge in [0, 0.05) is 26.6 Å². The van der Waals surface area contributed by atoms with Gasteiger partial charge in [0.1, 0.15) is 6.10 Å². The lowest BCUT2D eigenvalue weighted by Gasteiger charge is -2.13. The van der Waals surface area contributed by atoms with Crippen LogP contribution in [-0.4, -0.2) is 50.8 Å². The molecule has 0 spiro atoms. The number of ether oxygens (including phenoxy) is 2. The van der Waals surface area contributed by atoms with Crippen molar-refractivity contribution in [3.8, 4) is 0 Å². The number of carbonyl (C=O) groups excluding carboxylic acids is 2. The first-order valence-electron chi connectivity index (χ1n) is 5.79. The molecule has 0 aliphatic heterocycles. The van der Waals surface area contributed by atoms with E-state index in [1.165, 1.54) is 6.92 Å². The minimum atomic E-state index is -0.507. The summed E-state index contributed by atoms with van der Waals surface area (Å²) in [5.41, 5.74) is 0. The fraction of sp³-hybridized carbons (Fsp3) is 0.818. The quantitative estimate of drug-likeness (QED) is 0.547. The molecule has 0 aromatic rings. The van der Waals surface area contributed by atoms with E-state index >= 15 is 0 Å². The second-order valence-corrected chi connectivity index (χ2v) is 3.48. The SMILES string of the molecule is CCOCCOC(C)C(=O)NCCNC(C)=O. The van der Waals surface area contributed by atoms with E-state index in [9.17, 15) is 9.59 Å². The first-order valence-corrected chi connectivity index (χ1v) is 5.79. The van der Waals surface area contributed by atoms with Crippen LogP contribution in [0.2, 0.25) is 0 Å². The Morgan fingerprint density at radius 3 is 2.41 bits per heavy atom. The van der Waals surface area contributed by atoms with E-state index < -0.39 is 6.10 Å². The van der Waals surface area contributed by atoms with Crippen molar-refractivity contribution in [2.75, 3.05) is 32.9 Å². The van der Waals surface area contributed by atoms with Crippen LogP contribution in [0.4, 0.5) is 0 Å². The average molecular weight is 246 g/mol. The van der Waals surface area contributed by atoms with Crippen molar-refractivity contribution in [1.82, 2.24) is 10.6 Å². The molecule has 6 nitrogen and oxygen atoms in total. The molecule has 0 saturated carbocycles. The third kappa shape index (κ3) is 9.77. The molecule has 6 heteroatoms. The van der Waals surface area contributed by atoms with Crippen molar-refractivity contribution in [2.24, 2.45) is 0 Å². The number of carbonyl (C=O) groups is 2. The number of rotatable bonds is 9. The second kappa shape index (κ2) is 10.0. The Morgan fingerprint density at radius 1 is 1.18 bits per heavy atom. The fourth-order valence-electron chi connectivity index (χ4n) is 1.07. The van der Waals surface area contributed by atoms with Gasteiger partial charge in [-0.05, 0) is 13.8 Å². The number of amides is 2. The maximum atomic E-state index is 11.5. The van der Waals surface area contributed by atoms with Crippen LogP contribution in [0.5, 0.6) is 0 Å². The summed E-state index contributed by atoms with van der Waals surface area (Å²) >= 11 is 0. The highest BCUT2D eigenvalue weighted by Crippen LogP contribution is 1.90. The molecule has 0 rings (SSSR count). The molecule has 0 aliphatic carbocycles. The van der Waals surface area contributed by atoms with Gasteiger partial charge in [-0.1, -0.05) is 0 Å². The van der Waals surface area contributed by atoms with Crippen LogP contribution in [0.25, 0.3) is 0 Å². The number of hydrogen-bond acceptors (Lipinski definition) is 4. The molecule has 0 aliphatic rings. The summed E-state index contributed by atoms with van der Waals surface area (Å²) in [6, 6.07) is 0. The summed E-state index contributed by atoms with van der Waals surface area (Å²) < 4.78 is 10.3. The van der Waals surface area contributed by atoms with Crippen LogP contribution in [0.1, 0.15) is 20.8 Å².